The Bertz CT molecular complexity index is 1460. The highest BCUT2D eigenvalue weighted by atomic mass is 35.5. The summed E-state index contributed by atoms with van der Waals surface area (Å²) in [4.78, 5) is 32.3. The average Bonchev–Trinajstić information content (AvgIpc) is 3.51. The maximum absolute atomic E-state index is 13.3. The number of imidazole rings is 1. The summed E-state index contributed by atoms with van der Waals surface area (Å²) in [5.74, 6) is -0.261. The Hall–Kier alpha value is -3.88. The van der Waals surface area contributed by atoms with Gasteiger partial charge in [-0.3, -0.25) is 19.1 Å². The minimum atomic E-state index is -4.64. The standard InChI is InChI=1S/C23H23ClF3N9O2.ClH/c24-16-10-13(2-3-14(16)22(38)31-7-1-6-29-18(37)4-5-28)34-20-21-32-12-17(36(21)9-8-30-20)15-11-33-35-19(15)23(25,26)27;/h2-3,8-12H,1,4-7,28H2,(H,29,37)(H,30,34)(H,31,38)(H,33,35);1H. The van der Waals surface area contributed by atoms with Crippen molar-refractivity contribution in [2.24, 2.45) is 5.73 Å². The molecule has 0 saturated carbocycles. The van der Waals surface area contributed by atoms with Gasteiger partial charge in [-0.2, -0.15) is 18.3 Å². The molecule has 3 heterocycles. The zero-order valence-corrected chi connectivity index (χ0v) is 21.8. The molecule has 0 spiro atoms. The molecule has 0 fully saturated rings. The number of fused-ring (bicyclic) bond motifs is 1. The molecule has 6 N–H and O–H groups in total. The molecule has 11 nitrogen and oxygen atoms in total. The molecule has 0 aliphatic heterocycles. The lowest BCUT2D eigenvalue weighted by atomic mass is 10.2. The molecule has 16 heteroatoms. The number of aromatic amines is 1. The van der Waals surface area contributed by atoms with Crippen molar-refractivity contribution in [1.29, 1.82) is 0 Å². The number of anilines is 2. The second-order valence-corrected chi connectivity index (χ2v) is 8.48. The number of rotatable bonds is 10. The zero-order chi connectivity index (χ0) is 27.3. The molecule has 2 amide bonds. The third-order valence-electron chi connectivity index (χ3n) is 5.42. The highest BCUT2D eigenvalue weighted by molar-refractivity contribution is 6.34. The lowest BCUT2D eigenvalue weighted by molar-refractivity contribution is -0.140. The van der Waals surface area contributed by atoms with E-state index in [-0.39, 0.29) is 70.5 Å². The number of aromatic nitrogens is 5. The molecule has 208 valence electrons. The molecule has 1 aromatic carbocycles. The lowest BCUT2D eigenvalue weighted by Gasteiger charge is -2.11. The van der Waals surface area contributed by atoms with E-state index in [1.54, 1.807) is 6.07 Å². The summed E-state index contributed by atoms with van der Waals surface area (Å²) in [6.45, 7) is 1.01. The molecule has 39 heavy (non-hydrogen) atoms. The summed E-state index contributed by atoms with van der Waals surface area (Å²) in [6.07, 6.45) is 1.49. The third-order valence-corrected chi connectivity index (χ3v) is 5.73. The highest BCUT2D eigenvalue weighted by Gasteiger charge is 2.37. The van der Waals surface area contributed by atoms with Gasteiger partial charge in [-0.05, 0) is 24.6 Å². The van der Waals surface area contributed by atoms with Gasteiger partial charge in [0, 0.05) is 50.3 Å². The first kappa shape index (κ1) is 29.7. The van der Waals surface area contributed by atoms with Crippen LogP contribution in [0.3, 0.4) is 0 Å². The number of nitrogens with zero attached hydrogens (tertiary/aromatic N) is 4. The van der Waals surface area contributed by atoms with Gasteiger partial charge in [0.15, 0.2) is 17.2 Å². The number of carbonyl (C=O) groups excluding carboxylic acids is 2. The predicted molar refractivity (Wildman–Crippen MR) is 141 cm³/mol. The number of alkyl halides is 3. The van der Waals surface area contributed by atoms with Crippen LogP contribution in [0.4, 0.5) is 24.7 Å². The van der Waals surface area contributed by atoms with Crippen molar-refractivity contribution >= 4 is 53.0 Å². The van der Waals surface area contributed by atoms with Gasteiger partial charge in [0.25, 0.3) is 5.91 Å². The Labute approximate surface area is 231 Å². The predicted octanol–water partition coefficient (Wildman–Crippen LogP) is 3.54. The average molecular weight is 586 g/mol. The van der Waals surface area contributed by atoms with Crippen LogP contribution in [0.25, 0.3) is 16.9 Å². The summed E-state index contributed by atoms with van der Waals surface area (Å²) < 4.78 is 41.4. The Morgan fingerprint density at radius 3 is 2.64 bits per heavy atom. The molecular formula is C23H24Cl2F3N9O2. The van der Waals surface area contributed by atoms with E-state index < -0.39 is 11.9 Å². The number of amides is 2. The Morgan fingerprint density at radius 1 is 1.15 bits per heavy atom. The van der Waals surface area contributed by atoms with Crippen LogP contribution in [0.1, 0.15) is 28.9 Å². The van der Waals surface area contributed by atoms with Crippen molar-refractivity contribution < 1.29 is 22.8 Å². The van der Waals surface area contributed by atoms with Gasteiger partial charge in [0.2, 0.25) is 5.91 Å². The number of H-pyrrole nitrogens is 1. The second kappa shape index (κ2) is 12.8. The number of halogens is 5. The van der Waals surface area contributed by atoms with Gasteiger partial charge in [-0.15, -0.1) is 12.4 Å². The highest BCUT2D eigenvalue weighted by Crippen LogP contribution is 2.36. The monoisotopic (exact) mass is 585 g/mol. The Kier molecular flexibility index (Phi) is 9.72. The summed E-state index contributed by atoms with van der Waals surface area (Å²) in [6, 6.07) is 4.66. The van der Waals surface area contributed by atoms with Crippen LogP contribution >= 0.6 is 24.0 Å². The number of carbonyl (C=O) groups is 2. The van der Waals surface area contributed by atoms with E-state index in [0.29, 0.717) is 25.2 Å². The second-order valence-electron chi connectivity index (χ2n) is 8.08. The molecule has 0 saturated heterocycles. The minimum Gasteiger partial charge on any atom is -0.356 e. The van der Waals surface area contributed by atoms with E-state index in [4.69, 9.17) is 17.3 Å². The smallest absolute Gasteiger partial charge is 0.356 e. The molecule has 3 aromatic heterocycles. The largest absolute Gasteiger partial charge is 0.435 e. The molecule has 4 rings (SSSR count). The number of nitrogens with one attached hydrogen (secondary N) is 4. The molecule has 0 bridgehead atoms. The summed E-state index contributed by atoms with van der Waals surface area (Å²) >= 11 is 6.33. The fourth-order valence-electron chi connectivity index (χ4n) is 3.65. The quantitative estimate of drug-likeness (QED) is 0.178. The third kappa shape index (κ3) is 6.96. The van der Waals surface area contributed by atoms with Crippen molar-refractivity contribution in [3.63, 3.8) is 0 Å². The number of hydrogen-bond donors (Lipinski definition) is 5. The van der Waals surface area contributed by atoms with Gasteiger partial charge in [-0.25, -0.2) is 9.97 Å². The van der Waals surface area contributed by atoms with Gasteiger partial charge in [-0.1, -0.05) is 11.6 Å². The van der Waals surface area contributed by atoms with E-state index in [1.165, 1.54) is 35.1 Å². The lowest BCUT2D eigenvalue weighted by Crippen LogP contribution is -2.30. The number of nitrogens with two attached hydrogens (primary N) is 1. The molecule has 4 aromatic rings. The maximum Gasteiger partial charge on any atom is 0.435 e. The zero-order valence-electron chi connectivity index (χ0n) is 20.2. The van der Waals surface area contributed by atoms with Gasteiger partial charge in [0.05, 0.1) is 28.0 Å². The fraction of sp³-hybridized carbons (Fsp3) is 0.261. The first-order valence-corrected chi connectivity index (χ1v) is 11.8. The van der Waals surface area contributed by atoms with E-state index >= 15 is 0 Å². The van der Waals surface area contributed by atoms with Crippen molar-refractivity contribution in [3.8, 4) is 11.3 Å². The van der Waals surface area contributed by atoms with Crippen LogP contribution in [-0.4, -0.2) is 56.0 Å². The summed E-state index contributed by atoms with van der Waals surface area (Å²) in [5, 5.41) is 14.2. The SMILES string of the molecule is Cl.NCCC(=O)NCCCNC(=O)c1ccc(Nc2nccn3c(-c4c[nH]nc4C(F)(F)F)cnc23)cc1Cl. The topological polar surface area (TPSA) is 155 Å². The number of hydrogen-bond acceptors (Lipinski definition) is 7. The van der Waals surface area contributed by atoms with Crippen LogP contribution in [0.15, 0.2) is 43.0 Å². The summed E-state index contributed by atoms with van der Waals surface area (Å²) in [5.41, 5.74) is 5.29. The van der Waals surface area contributed by atoms with Crippen molar-refractivity contribution in [2.45, 2.75) is 19.0 Å². The van der Waals surface area contributed by atoms with Gasteiger partial charge in [0.1, 0.15) is 0 Å². The van der Waals surface area contributed by atoms with Crippen molar-refractivity contribution in [2.75, 3.05) is 25.0 Å². The molecule has 0 aliphatic rings. The van der Waals surface area contributed by atoms with Crippen molar-refractivity contribution in [1.82, 2.24) is 35.2 Å². The number of benzene rings is 1. The molecule has 0 unspecified atom stereocenters. The van der Waals surface area contributed by atoms with Crippen molar-refractivity contribution in [3.05, 3.63) is 59.3 Å². The van der Waals surface area contributed by atoms with E-state index in [2.05, 4.69) is 36.1 Å². The van der Waals surface area contributed by atoms with Crippen LogP contribution < -0.4 is 21.7 Å². The Balaban J connectivity index is 0.00000420. The van der Waals surface area contributed by atoms with E-state index in [1.807, 2.05) is 0 Å². The van der Waals surface area contributed by atoms with Gasteiger partial charge < -0.3 is 21.7 Å². The molecule has 0 atom stereocenters. The van der Waals surface area contributed by atoms with Crippen LogP contribution in [0, 0.1) is 0 Å². The van der Waals surface area contributed by atoms with E-state index in [9.17, 15) is 22.8 Å². The fourth-order valence-corrected chi connectivity index (χ4v) is 3.92. The van der Waals surface area contributed by atoms with E-state index in [0.717, 1.165) is 6.20 Å². The summed E-state index contributed by atoms with van der Waals surface area (Å²) in [7, 11) is 0. The first-order valence-electron chi connectivity index (χ1n) is 11.4. The van der Waals surface area contributed by atoms with Crippen LogP contribution in [0.2, 0.25) is 5.02 Å². The first-order chi connectivity index (χ1) is 18.2. The molecular weight excluding hydrogens is 562 g/mol. The minimum absolute atomic E-state index is 0. The van der Waals surface area contributed by atoms with Gasteiger partial charge >= 0.3 is 6.18 Å². The Morgan fingerprint density at radius 2 is 1.92 bits per heavy atom. The van der Waals surface area contributed by atoms with Crippen LogP contribution in [0.5, 0.6) is 0 Å². The normalized spacial score (nSPS) is 11.2. The molecule has 0 radical (unpaired) electrons. The maximum atomic E-state index is 13.3. The molecule has 0 aliphatic carbocycles. The van der Waals surface area contributed by atoms with Crippen LogP contribution in [-0.2, 0) is 11.0 Å².